The highest BCUT2D eigenvalue weighted by Gasteiger charge is 2.19. The highest BCUT2D eigenvalue weighted by molar-refractivity contribution is 5.99. The van der Waals surface area contributed by atoms with Crippen molar-refractivity contribution in [2.45, 2.75) is 20.3 Å². The van der Waals surface area contributed by atoms with Gasteiger partial charge in [-0.3, -0.25) is 5.10 Å². The number of aromatic nitrogens is 3. The first-order valence-electron chi connectivity index (χ1n) is 8.80. The molecule has 4 rings (SSSR count). The van der Waals surface area contributed by atoms with E-state index < -0.39 is 0 Å². The second kappa shape index (κ2) is 6.64. The lowest BCUT2D eigenvalue weighted by molar-refractivity contribution is 0.415. The van der Waals surface area contributed by atoms with Crippen molar-refractivity contribution in [2.24, 2.45) is 0 Å². The molecule has 0 spiro atoms. The van der Waals surface area contributed by atoms with E-state index in [9.17, 15) is 0 Å². The Morgan fingerprint density at radius 1 is 0.962 bits per heavy atom. The molecule has 2 aromatic carbocycles. The Kier molecular flexibility index (Phi) is 4.17. The van der Waals surface area contributed by atoms with Gasteiger partial charge < -0.3 is 4.74 Å². The zero-order valence-electron chi connectivity index (χ0n) is 15.2. The maximum Gasteiger partial charge on any atom is 0.182 e. The minimum Gasteiger partial charge on any atom is -0.497 e. The number of methoxy groups -OCH3 is 1. The number of hydrogen-bond acceptors (Lipinski definition) is 3. The van der Waals surface area contributed by atoms with E-state index in [1.165, 1.54) is 11.1 Å². The van der Waals surface area contributed by atoms with Crippen molar-refractivity contribution in [2.75, 3.05) is 7.11 Å². The fourth-order valence-corrected chi connectivity index (χ4v) is 3.49. The predicted molar refractivity (Wildman–Crippen MR) is 105 cm³/mol. The van der Waals surface area contributed by atoms with Crippen molar-refractivity contribution < 1.29 is 4.74 Å². The first-order valence-corrected chi connectivity index (χ1v) is 8.80. The van der Waals surface area contributed by atoms with Gasteiger partial charge in [-0.05, 0) is 42.2 Å². The van der Waals surface area contributed by atoms with Crippen LogP contribution < -0.4 is 4.74 Å². The molecular formula is C22H21N3O. The van der Waals surface area contributed by atoms with Gasteiger partial charge in [0, 0.05) is 16.6 Å². The molecular weight excluding hydrogens is 322 g/mol. The maximum atomic E-state index is 5.32. The molecule has 0 bridgehead atoms. The highest BCUT2D eigenvalue weighted by Crippen LogP contribution is 2.38. The van der Waals surface area contributed by atoms with Gasteiger partial charge in [0.25, 0.3) is 0 Å². The van der Waals surface area contributed by atoms with Gasteiger partial charge >= 0.3 is 0 Å². The van der Waals surface area contributed by atoms with Gasteiger partial charge in [0.05, 0.1) is 12.8 Å². The van der Waals surface area contributed by atoms with E-state index in [1.807, 2.05) is 37.3 Å². The molecule has 4 aromatic rings. The SMILES string of the molecule is CCc1c(-c2ccccc2)nc2n[nH]c(C)c2c1-c1ccc(OC)cc1. The second-order valence-corrected chi connectivity index (χ2v) is 6.31. The van der Waals surface area contributed by atoms with Crippen LogP contribution in [0.2, 0.25) is 0 Å². The number of rotatable bonds is 4. The van der Waals surface area contributed by atoms with Crippen molar-refractivity contribution in [3.05, 3.63) is 65.9 Å². The molecule has 0 unspecified atom stereocenters. The molecule has 0 aliphatic rings. The maximum absolute atomic E-state index is 5.32. The molecule has 2 aromatic heterocycles. The summed E-state index contributed by atoms with van der Waals surface area (Å²) < 4.78 is 5.32. The Morgan fingerprint density at radius 2 is 1.69 bits per heavy atom. The summed E-state index contributed by atoms with van der Waals surface area (Å²) in [5, 5.41) is 8.63. The number of H-pyrrole nitrogens is 1. The molecule has 4 nitrogen and oxygen atoms in total. The summed E-state index contributed by atoms with van der Waals surface area (Å²) in [5.41, 5.74) is 7.48. The molecule has 0 saturated heterocycles. The van der Waals surface area contributed by atoms with E-state index in [4.69, 9.17) is 9.72 Å². The molecule has 4 heteroatoms. The number of pyridine rings is 1. The summed E-state index contributed by atoms with van der Waals surface area (Å²) in [6.07, 6.45) is 0.888. The largest absolute Gasteiger partial charge is 0.497 e. The van der Waals surface area contributed by atoms with Crippen LogP contribution in [0.4, 0.5) is 0 Å². The minimum absolute atomic E-state index is 0.754. The van der Waals surface area contributed by atoms with Crippen LogP contribution in [0.3, 0.4) is 0 Å². The van der Waals surface area contributed by atoms with Gasteiger partial charge in [-0.2, -0.15) is 5.10 Å². The van der Waals surface area contributed by atoms with Crippen molar-refractivity contribution in [1.29, 1.82) is 0 Å². The number of nitrogens with zero attached hydrogens (tertiary/aromatic N) is 2. The van der Waals surface area contributed by atoms with E-state index >= 15 is 0 Å². The molecule has 0 aliphatic heterocycles. The molecule has 0 radical (unpaired) electrons. The Hall–Kier alpha value is -3.14. The fourth-order valence-electron chi connectivity index (χ4n) is 3.49. The summed E-state index contributed by atoms with van der Waals surface area (Å²) in [6.45, 7) is 4.23. The van der Waals surface area contributed by atoms with Crippen LogP contribution in [0.5, 0.6) is 5.75 Å². The van der Waals surface area contributed by atoms with Crippen LogP contribution in [-0.4, -0.2) is 22.3 Å². The lowest BCUT2D eigenvalue weighted by Gasteiger charge is -2.15. The Balaban J connectivity index is 2.07. The van der Waals surface area contributed by atoms with Gasteiger partial charge in [-0.25, -0.2) is 4.98 Å². The number of aryl methyl sites for hydroxylation is 1. The van der Waals surface area contributed by atoms with E-state index in [1.54, 1.807) is 7.11 Å². The first-order chi connectivity index (χ1) is 12.7. The zero-order valence-corrected chi connectivity index (χ0v) is 15.2. The van der Waals surface area contributed by atoms with Gasteiger partial charge in [-0.15, -0.1) is 0 Å². The standard InChI is InChI=1S/C22H21N3O/c1-4-18-20(15-10-12-17(26-3)13-11-15)19-14(2)24-25-22(19)23-21(18)16-8-6-5-7-9-16/h5-13H,4H2,1-3H3,(H,23,24,25). The van der Waals surface area contributed by atoms with Gasteiger partial charge in [0.15, 0.2) is 5.65 Å². The van der Waals surface area contributed by atoms with Crippen LogP contribution in [0.1, 0.15) is 18.2 Å². The Labute approximate surface area is 152 Å². The molecule has 0 fully saturated rings. The molecule has 0 aliphatic carbocycles. The van der Waals surface area contributed by atoms with E-state index in [0.29, 0.717) is 0 Å². The molecule has 130 valence electrons. The number of hydrogen-bond donors (Lipinski definition) is 1. The summed E-state index contributed by atoms with van der Waals surface area (Å²) >= 11 is 0. The van der Waals surface area contributed by atoms with Crippen molar-refractivity contribution in [1.82, 2.24) is 15.2 Å². The number of nitrogens with one attached hydrogen (secondary N) is 1. The van der Waals surface area contributed by atoms with Gasteiger partial charge in [0.2, 0.25) is 0 Å². The van der Waals surface area contributed by atoms with E-state index in [-0.39, 0.29) is 0 Å². The Bertz CT molecular complexity index is 1050. The lowest BCUT2D eigenvalue weighted by Crippen LogP contribution is -1.98. The van der Waals surface area contributed by atoms with Gasteiger partial charge in [0.1, 0.15) is 5.75 Å². The molecule has 2 heterocycles. The summed E-state index contributed by atoms with van der Waals surface area (Å²) in [4.78, 5) is 4.89. The summed E-state index contributed by atoms with van der Waals surface area (Å²) in [5.74, 6) is 0.851. The van der Waals surface area contributed by atoms with Crippen molar-refractivity contribution in [3.8, 4) is 28.1 Å². The van der Waals surface area contributed by atoms with Crippen molar-refractivity contribution in [3.63, 3.8) is 0 Å². The number of ether oxygens (including phenoxy) is 1. The van der Waals surface area contributed by atoms with E-state index in [0.717, 1.165) is 45.7 Å². The highest BCUT2D eigenvalue weighted by atomic mass is 16.5. The first kappa shape index (κ1) is 16.3. The fraction of sp³-hybridized carbons (Fsp3) is 0.182. The topological polar surface area (TPSA) is 50.8 Å². The number of aromatic amines is 1. The van der Waals surface area contributed by atoms with Crippen LogP contribution >= 0.6 is 0 Å². The van der Waals surface area contributed by atoms with Crippen LogP contribution in [-0.2, 0) is 6.42 Å². The molecule has 0 atom stereocenters. The summed E-state index contributed by atoms with van der Waals surface area (Å²) in [7, 11) is 1.69. The zero-order chi connectivity index (χ0) is 18.1. The predicted octanol–water partition coefficient (Wildman–Crippen LogP) is 5.17. The average Bonchev–Trinajstić information content (AvgIpc) is 3.08. The lowest BCUT2D eigenvalue weighted by atomic mass is 9.91. The third-order valence-corrected chi connectivity index (χ3v) is 4.76. The van der Waals surface area contributed by atoms with Gasteiger partial charge in [-0.1, -0.05) is 49.4 Å². The van der Waals surface area contributed by atoms with Crippen LogP contribution in [0.25, 0.3) is 33.4 Å². The van der Waals surface area contributed by atoms with Crippen molar-refractivity contribution >= 4 is 11.0 Å². The quantitative estimate of drug-likeness (QED) is 0.556. The monoisotopic (exact) mass is 343 g/mol. The summed E-state index contributed by atoms with van der Waals surface area (Å²) in [6, 6.07) is 18.5. The van der Waals surface area contributed by atoms with Crippen LogP contribution in [0, 0.1) is 6.92 Å². The van der Waals surface area contributed by atoms with Crippen LogP contribution in [0.15, 0.2) is 54.6 Å². The smallest absolute Gasteiger partial charge is 0.182 e. The average molecular weight is 343 g/mol. The molecule has 0 saturated carbocycles. The Morgan fingerprint density at radius 3 is 2.35 bits per heavy atom. The van der Waals surface area contributed by atoms with E-state index in [2.05, 4.69) is 41.4 Å². The molecule has 26 heavy (non-hydrogen) atoms. The normalized spacial score (nSPS) is 11.0. The number of benzene rings is 2. The number of fused-ring (bicyclic) bond motifs is 1. The molecule has 0 amide bonds. The minimum atomic E-state index is 0.754. The second-order valence-electron chi connectivity index (χ2n) is 6.31. The third-order valence-electron chi connectivity index (χ3n) is 4.76. The third kappa shape index (κ3) is 2.64. The molecule has 1 N–H and O–H groups in total.